The molecule has 0 aliphatic carbocycles. The molecular formula is C10H22N2O4S. The third-order valence-electron chi connectivity index (χ3n) is 2.64. The Hall–Kier alpha value is -0.660. The van der Waals surface area contributed by atoms with Crippen molar-refractivity contribution >= 4 is 16.2 Å². The lowest BCUT2D eigenvalue weighted by molar-refractivity contribution is -0.139. The summed E-state index contributed by atoms with van der Waals surface area (Å²) >= 11 is 0. The van der Waals surface area contributed by atoms with Crippen LogP contribution in [-0.2, 0) is 15.0 Å². The van der Waals surface area contributed by atoms with Crippen LogP contribution in [0, 0.1) is 11.3 Å². The van der Waals surface area contributed by atoms with Crippen LogP contribution in [0.25, 0.3) is 0 Å². The van der Waals surface area contributed by atoms with Crippen LogP contribution in [0.5, 0.6) is 0 Å². The predicted octanol–water partition coefficient (Wildman–Crippen LogP) is 0.519. The van der Waals surface area contributed by atoms with E-state index in [-0.39, 0.29) is 24.3 Å². The highest BCUT2D eigenvalue weighted by Crippen LogP contribution is 2.28. The smallest absolute Gasteiger partial charge is 0.303 e. The Kier molecular flexibility index (Phi) is 5.57. The van der Waals surface area contributed by atoms with Crippen molar-refractivity contribution in [2.45, 2.75) is 27.2 Å². The van der Waals surface area contributed by atoms with E-state index in [4.69, 9.17) is 5.11 Å². The average Bonchev–Trinajstić information content (AvgIpc) is 2.09. The molecule has 17 heavy (non-hydrogen) atoms. The summed E-state index contributed by atoms with van der Waals surface area (Å²) in [5.74, 6) is -1.18. The van der Waals surface area contributed by atoms with Crippen LogP contribution in [0.2, 0.25) is 0 Å². The molecule has 0 heterocycles. The van der Waals surface area contributed by atoms with E-state index in [9.17, 15) is 13.2 Å². The molecule has 7 heteroatoms. The third-order valence-corrected chi connectivity index (χ3v) is 4.13. The van der Waals surface area contributed by atoms with Crippen molar-refractivity contribution in [3.8, 4) is 0 Å². The largest absolute Gasteiger partial charge is 0.481 e. The molecule has 6 nitrogen and oxygen atoms in total. The highest BCUT2D eigenvalue weighted by atomic mass is 32.2. The van der Waals surface area contributed by atoms with Crippen LogP contribution in [0.3, 0.4) is 0 Å². The van der Waals surface area contributed by atoms with Gasteiger partial charge in [0.2, 0.25) is 0 Å². The summed E-state index contributed by atoms with van der Waals surface area (Å²) in [7, 11) is -0.654. The Morgan fingerprint density at radius 1 is 1.35 bits per heavy atom. The molecule has 0 aromatic rings. The lowest BCUT2D eigenvalue weighted by atomic mass is 9.79. The number of aliphatic carboxylic acids is 1. The number of hydrogen-bond acceptors (Lipinski definition) is 3. The zero-order valence-electron chi connectivity index (χ0n) is 11.0. The number of rotatable bonds is 6. The van der Waals surface area contributed by atoms with Crippen molar-refractivity contribution in [3.05, 3.63) is 0 Å². The van der Waals surface area contributed by atoms with Crippen molar-refractivity contribution in [3.63, 3.8) is 0 Å². The molecule has 0 saturated carbocycles. The van der Waals surface area contributed by atoms with Gasteiger partial charge in [0.15, 0.2) is 0 Å². The first kappa shape index (κ1) is 16.3. The van der Waals surface area contributed by atoms with Gasteiger partial charge in [-0.15, -0.1) is 0 Å². The fraction of sp³-hybridized carbons (Fsp3) is 0.900. The molecule has 1 atom stereocenters. The van der Waals surface area contributed by atoms with Gasteiger partial charge in [0.05, 0.1) is 0 Å². The molecule has 2 N–H and O–H groups in total. The number of nitrogens with zero attached hydrogens (tertiary/aromatic N) is 1. The zero-order valence-corrected chi connectivity index (χ0v) is 11.8. The Labute approximate surface area is 103 Å². The molecule has 0 aromatic carbocycles. The van der Waals surface area contributed by atoms with Gasteiger partial charge < -0.3 is 5.11 Å². The van der Waals surface area contributed by atoms with Gasteiger partial charge in [0, 0.05) is 27.1 Å². The van der Waals surface area contributed by atoms with E-state index in [0.717, 1.165) is 4.31 Å². The molecule has 0 fully saturated rings. The fourth-order valence-electron chi connectivity index (χ4n) is 1.23. The summed E-state index contributed by atoms with van der Waals surface area (Å²) in [5, 5.41) is 8.80. The zero-order chi connectivity index (χ0) is 13.9. The van der Waals surface area contributed by atoms with Crippen molar-refractivity contribution < 1.29 is 18.3 Å². The fourth-order valence-corrected chi connectivity index (χ4v) is 1.90. The molecule has 0 aliphatic heterocycles. The van der Waals surface area contributed by atoms with Crippen LogP contribution in [-0.4, -0.2) is 44.4 Å². The summed E-state index contributed by atoms with van der Waals surface area (Å²) in [4.78, 5) is 10.7. The van der Waals surface area contributed by atoms with E-state index < -0.39 is 16.2 Å². The summed E-state index contributed by atoms with van der Waals surface area (Å²) in [6.45, 7) is 5.80. The second kappa shape index (κ2) is 5.79. The molecule has 0 radical (unpaired) electrons. The Morgan fingerprint density at radius 3 is 2.12 bits per heavy atom. The van der Waals surface area contributed by atoms with Crippen molar-refractivity contribution in [1.29, 1.82) is 0 Å². The monoisotopic (exact) mass is 266 g/mol. The van der Waals surface area contributed by atoms with Crippen LogP contribution >= 0.6 is 0 Å². The third kappa shape index (κ3) is 5.99. The molecule has 0 aromatic heterocycles. The lowest BCUT2D eigenvalue weighted by Crippen LogP contribution is -2.41. The van der Waals surface area contributed by atoms with Crippen molar-refractivity contribution in [2.75, 3.05) is 20.6 Å². The van der Waals surface area contributed by atoms with Crippen LogP contribution in [0.1, 0.15) is 27.2 Å². The first-order chi connectivity index (χ1) is 7.47. The maximum Gasteiger partial charge on any atom is 0.303 e. The molecule has 0 rings (SSSR count). The highest BCUT2D eigenvalue weighted by Gasteiger charge is 2.28. The maximum atomic E-state index is 11.5. The number of carbonyl (C=O) groups is 1. The number of carboxylic acid groups (broad SMARTS) is 1. The topological polar surface area (TPSA) is 86.7 Å². The number of nitrogens with one attached hydrogen (secondary N) is 1. The minimum Gasteiger partial charge on any atom is -0.481 e. The quantitative estimate of drug-likeness (QED) is 0.733. The van der Waals surface area contributed by atoms with Crippen LogP contribution in [0.4, 0.5) is 0 Å². The number of carboxylic acids is 1. The second-order valence-corrected chi connectivity index (χ2v) is 7.27. The van der Waals surface area contributed by atoms with E-state index in [0.29, 0.717) is 0 Å². The molecule has 0 saturated heterocycles. The summed E-state index contributed by atoms with van der Waals surface area (Å²) in [6, 6.07) is 0. The molecule has 1 unspecified atom stereocenters. The first-order valence-corrected chi connectivity index (χ1v) is 6.79. The normalized spacial score (nSPS) is 14.9. The van der Waals surface area contributed by atoms with Gasteiger partial charge in [-0.2, -0.15) is 12.7 Å². The first-order valence-electron chi connectivity index (χ1n) is 5.35. The van der Waals surface area contributed by atoms with Gasteiger partial charge in [-0.1, -0.05) is 20.8 Å². The van der Waals surface area contributed by atoms with Crippen molar-refractivity contribution in [2.24, 2.45) is 11.3 Å². The molecule has 102 valence electrons. The van der Waals surface area contributed by atoms with Gasteiger partial charge >= 0.3 is 5.97 Å². The van der Waals surface area contributed by atoms with Gasteiger partial charge in [-0.25, -0.2) is 4.72 Å². The minimum absolute atomic E-state index is 0.0561. The summed E-state index contributed by atoms with van der Waals surface area (Å²) in [5.41, 5.74) is -0.271. The molecule has 0 spiro atoms. The minimum atomic E-state index is -3.50. The lowest BCUT2D eigenvalue weighted by Gasteiger charge is -2.30. The Morgan fingerprint density at radius 2 is 1.82 bits per heavy atom. The maximum absolute atomic E-state index is 11.5. The summed E-state index contributed by atoms with van der Waals surface area (Å²) < 4.78 is 26.5. The molecule has 0 aliphatic rings. The van der Waals surface area contributed by atoms with E-state index in [2.05, 4.69) is 4.72 Å². The van der Waals surface area contributed by atoms with E-state index in [1.807, 2.05) is 20.8 Å². The van der Waals surface area contributed by atoms with Gasteiger partial charge in [0.1, 0.15) is 0 Å². The standard InChI is InChI=1S/C10H22N2O4S/c1-10(2,3)8(6-9(13)14)7-11-17(15,16)12(4)5/h8,11H,6-7H2,1-5H3,(H,13,14). The molecule has 0 bridgehead atoms. The van der Waals surface area contributed by atoms with E-state index >= 15 is 0 Å². The highest BCUT2D eigenvalue weighted by molar-refractivity contribution is 7.87. The second-order valence-electron chi connectivity index (χ2n) is 5.30. The van der Waals surface area contributed by atoms with E-state index in [1.165, 1.54) is 14.1 Å². The van der Waals surface area contributed by atoms with Crippen LogP contribution in [0.15, 0.2) is 0 Å². The molecular weight excluding hydrogens is 244 g/mol. The van der Waals surface area contributed by atoms with E-state index in [1.54, 1.807) is 0 Å². The molecule has 0 amide bonds. The Bertz CT molecular complexity index is 357. The Balaban J connectivity index is 4.64. The van der Waals surface area contributed by atoms with Crippen molar-refractivity contribution in [1.82, 2.24) is 9.03 Å². The van der Waals surface area contributed by atoms with Gasteiger partial charge in [0.25, 0.3) is 10.2 Å². The predicted molar refractivity (Wildman–Crippen MR) is 65.8 cm³/mol. The number of hydrogen-bond donors (Lipinski definition) is 2. The average molecular weight is 266 g/mol. The summed E-state index contributed by atoms with van der Waals surface area (Å²) in [6.07, 6.45) is -0.0561. The van der Waals surface area contributed by atoms with Gasteiger partial charge in [-0.3, -0.25) is 4.79 Å². The van der Waals surface area contributed by atoms with Crippen LogP contribution < -0.4 is 4.72 Å². The van der Waals surface area contributed by atoms with Gasteiger partial charge in [-0.05, 0) is 11.3 Å². The SMILES string of the molecule is CN(C)S(=O)(=O)NCC(CC(=O)O)C(C)(C)C.